The van der Waals surface area contributed by atoms with Crippen molar-refractivity contribution in [3.05, 3.63) is 18.0 Å². The first-order valence-electron chi connectivity index (χ1n) is 6.95. The molecule has 0 aliphatic carbocycles. The summed E-state index contributed by atoms with van der Waals surface area (Å²) < 4.78 is 0. The quantitative estimate of drug-likeness (QED) is 0.807. The molecule has 0 aliphatic heterocycles. The van der Waals surface area contributed by atoms with Gasteiger partial charge in [-0.05, 0) is 38.7 Å². The van der Waals surface area contributed by atoms with E-state index in [0.717, 1.165) is 37.3 Å². The minimum atomic E-state index is 0.205. The second-order valence-electron chi connectivity index (χ2n) is 4.81. The number of nitrogens with two attached hydrogens (primary N) is 1. The average Bonchev–Trinajstić information content (AvgIpc) is 2.41. The van der Waals surface area contributed by atoms with Gasteiger partial charge in [0.1, 0.15) is 0 Å². The lowest BCUT2D eigenvalue weighted by atomic mass is 10.1. The van der Waals surface area contributed by atoms with E-state index in [1.807, 2.05) is 12.4 Å². The summed E-state index contributed by atoms with van der Waals surface area (Å²) in [4.78, 5) is 11.2. The molecule has 102 valence electrons. The Morgan fingerprint density at radius 3 is 2.22 bits per heavy atom. The molecule has 2 N–H and O–H groups in total. The van der Waals surface area contributed by atoms with E-state index in [4.69, 9.17) is 5.73 Å². The molecule has 0 saturated carbocycles. The highest BCUT2D eigenvalue weighted by Gasteiger charge is 2.13. The average molecular weight is 250 g/mol. The van der Waals surface area contributed by atoms with Crippen LogP contribution >= 0.6 is 0 Å². The van der Waals surface area contributed by atoms with Crippen LogP contribution in [-0.4, -0.2) is 28.6 Å². The van der Waals surface area contributed by atoms with Crippen LogP contribution in [0.5, 0.6) is 0 Å². The molecule has 18 heavy (non-hydrogen) atoms. The Bertz CT molecular complexity index is 336. The maximum absolute atomic E-state index is 5.93. The zero-order chi connectivity index (χ0) is 13.5. The largest absolute Gasteiger partial charge is 0.338 e. The molecular formula is C14H26N4. The minimum Gasteiger partial charge on any atom is -0.338 e. The SMILES string of the molecule is CCC(N)Cc1cnc(N(CC)C(C)CC)nc1. The van der Waals surface area contributed by atoms with Crippen LogP contribution in [0.25, 0.3) is 0 Å². The molecule has 1 aromatic heterocycles. The summed E-state index contributed by atoms with van der Waals surface area (Å²) in [5.41, 5.74) is 7.05. The molecule has 0 spiro atoms. The summed E-state index contributed by atoms with van der Waals surface area (Å²) in [5, 5.41) is 0. The van der Waals surface area contributed by atoms with Crippen molar-refractivity contribution in [1.82, 2.24) is 9.97 Å². The summed E-state index contributed by atoms with van der Waals surface area (Å²) >= 11 is 0. The van der Waals surface area contributed by atoms with E-state index in [9.17, 15) is 0 Å². The molecule has 0 amide bonds. The van der Waals surface area contributed by atoms with Gasteiger partial charge >= 0.3 is 0 Å². The Balaban J connectivity index is 2.74. The number of rotatable bonds is 7. The Morgan fingerprint density at radius 2 is 1.78 bits per heavy atom. The van der Waals surface area contributed by atoms with E-state index in [0.29, 0.717) is 6.04 Å². The molecule has 0 aliphatic rings. The van der Waals surface area contributed by atoms with Crippen molar-refractivity contribution in [3.8, 4) is 0 Å². The van der Waals surface area contributed by atoms with Gasteiger partial charge in [-0.15, -0.1) is 0 Å². The van der Waals surface area contributed by atoms with Crippen LogP contribution in [-0.2, 0) is 6.42 Å². The lowest BCUT2D eigenvalue weighted by Crippen LogP contribution is -2.33. The third kappa shape index (κ3) is 3.95. The van der Waals surface area contributed by atoms with Gasteiger partial charge in [0.15, 0.2) is 0 Å². The topological polar surface area (TPSA) is 55.0 Å². The van der Waals surface area contributed by atoms with E-state index >= 15 is 0 Å². The van der Waals surface area contributed by atoms with Crippen molar-refractivity contribution in [2.24, 2.45) is 5.73 Å². The minimum absolute atomic E-state index is 0.205. The summed E-state index contributed by atoms with van der Waals surface area (Å²) in [6.45, 7) is 9.55. The van der Waals surface area contributed by atoms with E-state index < -0.39 is 0 Å². The number of nitrogens with zero attached hydrogens (tertiary/aromatic N) is 3. The van der Waals surface area contributed by atoms with Crippen LogP contribution in [0.2, 0.25) is 0 Å². The van der Waals surface area contributed by atoms with Crippen molar-refractivity contribution >= 4 is 5.95 Å². The number of hydrogen-bond donors (Lipinski definition) is 1. The van der Waals surface area contributed by atoms with Crippen molar-refractivity contribution < 1.29 is 0 Å². The Labute approximate surface area is 111 Å². The predicted octanol–water partition coefficient (Wildman–Crippen LogP) is 2.38. The van der Waals surface area contributed by atoms with E-state index in [-0.39, 0.29) is 6.04 Å². The third-order valence-corrected chi connectivity index (χ3v) is 3.43. The molecule has 1 rings (SSSR count). The van der Waals surface area contributed by atoms with Crippen LogP contribution in [0.15, 0.2) is 12.4 Å². The zero-order valence-corrected chi connectivity index (χ0v) is 12.1. The standard InChI is InChI=1S/C14H26N4/c1-5-11(4)18(7-3)14-16-9-12(10-17-14)8-13(15)6-2/h9-11,13H,5-8,15H2,1-4H3. The van der Waals surface area contributed by atoms with Gasteiger partial charge in [-0.25, -0.2) is 9.97 Å². The molecule has 4 nitrogen and oxygen atoms in total. The van der Waals surface area contributed by atoms with Crippen molar-refractivity contribution in [3.63, 3.8) is 0 Å². The fraction of sp³-hybridized carbons (Fsp3) is 0.714. The predicted molar refractivity (Wildman–Crippen MR) is 76.8 cm³/mol. The van der Waals surface area contributed by atoms with E-state index in [1.165, 1.54) is 0 Å². The molecule has 0 aromatic carbocycles. The van der Waals surface area contributed by atoms with Crippen LogP contribution in [0.1, 0.15) is 46.1 Å². The Kier molecular flexibility index (Phi) is 6.05. The van der Waals surface area contributed by atoms with E-state index in [2.05, 4.69) is 42.6 Å². The van der Waals surface area contributed by atoms with Crippen LogP contribution in [0, 0.1) is 0 Å². The Morgan fingerprint density at radius 1 is 1.17 bits per heavy atom. The third-order valence-electron chi connectivity index (χ3n) is 3.43. The van der Waals surface area contributed by atoms with Gasteiger partial charge in [-0.2, -0.15) is 0 Å². The smallest absolute Gasteiger partial charge is 0.225 e. The maximum Gasteiger partial charge on any atom is 0.225 e. The summed E-state index contributed by atoms with van der Waals surface area (Å²) in [7, 11) is 0. The monoisotopic (exact) mass is 250 g/mol. The first kappa shape index (κ1) is 14.9. The lowest BCUT2D eigenvalue weighted by molar-refractivity contribution is 0.611. The summed E-state index contributed by atoms with van der Waals surface area (Å²) in [6, 6.07) is 0.676. The van der Waals surface area contributed by atoms with Crippen molar-refractivity contribution in [2.75, 3.05) is 11.4 Å². The van der Waals surface area contributed by atoms with Crippen molar-refractivity contribution in [1.29, 1.82) is 0 Å². The first-order chi connectivity index (χ1) is 8.62. The molecule has 2 unspecified atom stereocenters. The lowest BCUT2D eigenvalue weighted by Gasteiger charge is -2.27. The molecule has 4 heteroatoms. The molecule has 1 heterocycles. The maximum atomic E-state index is 5.93. The van der Waals surface area contributed by atoms with Gasteiger partial charge in [-0.1, -0.05) is 13.8 Å². The Hall–Kier alpha value is -1.16. The number of hydrogen-bond acceptors (Lipinski definition) is 4. The second kappa shape index (κ2) is 7.31. The second-order valence-corrected chi connectivity index (χ2v) is 4.81. The highest BCUT2D eigenvalue weighted by atomic mass is 15.3. The van der Waals surface area contributed by atoms with Crippen molar-refractivity contribution in [2.45, 2.75) is 59.0 Å². The molecule has 0 radical (unpaired) electrons. The molecule has 0 bridgehead atoms. The van der Waals surface area contributed by atoms with Gasteiger partial charge in [-0.3, -0.25) is 0 Å². The number of aromatic nitrogens is 2. The van der Waals surface area contributed by atoms with Crippen LogP contribution in [0.3, 0.4) is 0 Å². The fourth-order valence-electron chi connectivity index (χ4n) is 1.92. The van der Waals surface area contributed by atoms with Crippen LogP contribution in [0.4, 0.5) is 5.95 Å². The van der Waals surface area contributed by atoms with Gasteiger partial charge in [0, 0.05) is 31.0 Å². The van der Waals surface area contributed by atoms with E-state index in [1.54, 1.807) is 0 Å². The van der Waals surface area contributed by atoms with Crippen LogP contribution < -0.4 is 10.6 Å². The highest BCUT2D eigenvalue weighted by molar-refractivity contribution is 5.31. The van der Waals surface area contributed by atoms with Gasteiger partial charge in [0.05, 0.1) is 0 Å². The van der Waals surface area contributed by atoms with Gasteiger partial charge < -0.3 is 10.6 Å². The summed E-state index contributed by atoms with van der Waals surface area (Å²) in [5.74, 6) is 0.820. The first-order valence-corrected chi connectivity index (χ1v) is 6.95. The number of anilines is 1. The molecule has 0 fully saturated rings. The summed E-state index contributed by atoms with van der Waals surface area (Å²) in [6.07, 6.45) is 6.74. The fourth-order valence-corrected chi connectivity index (χ4v) is 1.92. The van der Waals surface area contributed by atoms with Gasteiger partial charge in [0.2, 0.25) is 5.95 Å². The highest BCUT2D eigenvalue weighted by Crippen LogP contribution is 2.13. The molecular weight excluding hydrogens is 224 g/mol. The molecule has 2 atom stereocenters. The molecule has 0 saturated heterocycles. The zero-order valence-electron chi connectivity index (χ0n) is 12.1. The molecule has 1 aromatic rings. The normalized spacial score (nSPS) is 14.3. The van der Waals surface area contributed by atoms with Gasteiger partial charge in [0.25, 0.3) is 0 Å².